The minimum absolute atomic E-state index is 0.0739. The van der Waals surface area contributed by atoms with Crippen LogP contribution in [0.3, 0.4) is 0 Å². The van der Waals surface area contributed by atoms with Crippen LogP contribution in [-0.4, -0.2) is 64.6 Å². The smallest absolute Gasteiger partial charge is 0.254 e. The van der Waals surface area contributed by atoms with E-state index in [1.54, 1.807) is 12.1 Å². The average molecular weight is 371 g/mol. The summed E-state index contributed by atoms with van der Waals surface area (Å²) in [4.78, 5) is 14.2. The van der Waals surface area contributed by atoms with Gasteiger partial charge in [-0.3, -0.25) is 4.79 Å². The summed E-state index contributed by atoms with van der Waals surface area (Å²) < 4.78 is 40.2. The lowest BCUT2D eigenvalue weighted by Crippen LogP contribution is -2.57. The van der Waals surface area contributed by atoms with E-state index in [0.717, 1.165) is 0 Å². The lowest BCUT2D eigenvalue weighted by Gasteiger charge is -2.39. The van der Waals surface area contributed by atoms with E-state index >= 15 is 0 Å². The Hall–Kier alpha value is -1.96. The normalized spacial score (nSPS) is 15.0. The minimum Gasteiger partial charge on any atom is -0.493 e. The highest BCUT2D eigenvalue weighted by atomic mass is 32.2. The summed E-state index contributed by atoms with van der Waals surface area (Å²) in [7, 11) is 1.27. The van der Waals surface area contributed by atoms with Crippen LogP contribution in [0.25, 0.3) is 0 Å². The van der Waals surface area contributed by atoms with Crippen molar-refractivity contribution in [2.24, 2.45) is 5.92 Å². The molecule has 0 spiro atoms. The van der Waals surface area contributed by atoms with Crippen molar-refractivity contribution in [3.8, 4) is 17.2 Å². The summed E-state index contributed by atoms with van der Waals surface area (Å²) in [5, 5.41) is -0.485. The summed E-state index contributed by atoms with van der Waals surface area (Å²) in [5.74, 6) is 1.14. The average Bonchev–Trinajstić information content (AvgIpc) is 2.50. The molecule has 0 N–H and O–H groups in total. The first-order valence-electron chi connectivity index (χ1n) is 8.04. The van der Waals surface area contributed by atoms with Crippen molar-refractivity contribution in [1.29, 1.82) is 0 Å². The highest BCUT2D eigenvalue weighted by Crippen LogP contribution is 2.38. The number of amides is 1. The van der Waals surface area contributed by atoms with Crippen LogP contribution in [0.15, 0.2) is 12.1 Å². The van der Waals surface area contributed by atoms with E-state index in [9.17, 15) is 13.2 Å². The monoisotopic (exact) mass is 371 g/mol. The molecule has 1 fully saturated rings. The maximum absolute atomic E-state index is 12.6. The maximum atomic E-state index is 12.6. The molecule has 140 valence electrons. The van der Waals surface area contributed by atoms with Gasteiger partial charge in [-0.05, 0) is 18.1 Å². The van der Waals surface area contributed by atoms with Gasteiger partial charge in [0.2, 0.25) is 5.75 Å². The van der Waals surface area contributed by atoms with Gasteiger partial charge in [-0.1, -0.05) is 13.8 Å². The molecule has 8 heteroatoms. The lowest BCUT2D eigenvalue weighted by atomic mass is 10.1. The van der Waals surface area contributed by atoms with Crippen LogP contribution in [0.5, 0.6) is 17.2 Å². The molecule has 1 aliphatic rings. The highest BCUT2D eigenvalue weighted by Gasteiger charge is 2.40. The first kappa shape index (κ1) is 19.4. The fraction of sp³-hybridized carbons (Fsp3) is 0.588. The predicted molar refractivity (Wildman–Crippen MR) is 94.4 cm³/mol. The standard InChI is InChI=1S/C17H25NO6S/c1-11(2)10-25(20,21)13-8-18(9-13)17(19)12-6-14(22-3)16(24-5)15(7-12)23-4/h6-7,11,13H,8-10H2,1-5H3. The van der Waals surface area contributed by atoms with Gasteiger partial charge in [0, 0.05) is 18.7 Å². The molecule has 0 saturated carbocycles. The van der Waals surface area contributed by atoms with E-state index in [2.05, 4.69) is 0 Å². The molecular weight excluding hydrogens is 346 g/mol. The third-order valence-electron chi connectivity index (χ3n) is 4.12. The summed E-state index contributed by atoms with van der Waals surface area (Å²) in [6.07, 6.45) is 0. The molecule has 0 aliphatic carbocycles. The van der Waals surface area contributed by atoms with E-state index in [0.29, 0.717) is 22.8 Å². The lowest BCUT2D eigenvalue weighted by molar-refractivity contribution is 0.0658. The molecule has 1 saturated heterocycles. The van der Waals surface area contributed by atoms with E-state index < -0.39 is 15.1 Å². The molecule has 25 heavy (non-hydrogen) atoms. The van der Waals surface area contributed by atoms with Crippen molar-refractivity contribution >= 4 is 15.7 Å². The number of hydrogen-bond acceptors (Lipinski definition) is 6. The molecule has 1 amide bonds. The minimum atomic E-state index is -3.17. The van der Waals surface area contributed by atoms with Crippen molar-refractivity contribution in [3.05, 3.63) is 17.7 Å². The number of methoxy groups -OCH3 is 3. The molecule has 0 radical (unpaired) electrons. The summed E-state index contributed by atoms with van der Waals surface area (Å²) in [6.45, 7) is 4.17. The Morgan fingerprint density at radius 2 is 1.64 bits per heavy atom. The van der Waals surface area contributed by atoms with Crippen molar-refractivity contribution in [2.75, 3.05) is 40.2 Å². The Bertz CT molecular complexity index is 713. The molecule has 1 aromatic rings. The topological polar surface area (TPSA) is 82.1 Å². The van der Waals surface area contributed by atoms with Crippen LogP contribution < -0.4 is 14.2 Å². The summed E-state index contributed by atoms with van der Waals surface area (Å²) >= 11 is 0. The number of hydrogen-bond donors (Lipinski definition) is 0. The zero-order valence-electron chi connectivity index (χ0n) is 15.2. The van der Waals surface area contributed by atoms with Crippen molar-refractivity contribution in [3.63, 3.8) is 0 Å². The second-order valence-electron chi connectivity index (χ2n) is 6.47. The fourth-order valence-corrected chi connectivity index (χ4v) is 4.83. The molecular formula is C17H25NO6S. The molecule has 2 rings (SSSR count). The number of sulfone groups is 1. The maximum Gasteiger partial charge on any atom is 0.254 e. The van der Waals surface area contributed by atoms with Crippen LogP contribution in [0.4, 0.5) is 0 Å². The number of rotatable bonds is 7. The Kier molecular flexibility index (Phi) is 5.82. The van der Waals surface area contributed by atoms with Crippen molar-refractivity contribution in [2.45, 2.75) is 19.1 Å². The number of carbonyl (C=O) groups is 1. The molecule has 1 heterocycles. The fourth-order valence-electron chi connectivity index (χ4n) is 2.82. The largest absolute Gasteiger partial charge is 0.493 e. The van der Waals surface area contributed by atoms with Gasteiger partial charge in [0.25, 0.3) is 5.91 Å². The summed E-state index contributed by atoms with van der Waals surface area (Å²) in [5.41, 5.74) is 0.370. The van der Waals surface area contributed by atoms with Crippen molar-refractivity contribution < 1.29 is 27.4 Å². The van der Waals surface area contributed by atoms with Crippen LogP contribution in [0.1, 0.15) is 24.2 Å². The second-order valence-corrected chi connectivity index (χ2v) is 8.80. The Morgan fingerprint density at radius 1 is 1.12 bits per heavy atom. The van der Waals surface area contributed by atoms with Gasteiger partial charge in [-0.25, -0.2) is 8.42 Å². The van der Waals surface area contributed by atoms with Gasteiger partial charge in [0.1, 0.15) is 0 Å². The van der Waals surface area contributed by atoms with Crippen LogP contribution in [0.2, 0.25) is 0 Å². The van der Waals surface area contributed by atoms with Crippen LogP contribution in [0, 0.1) is 5.92 Å². The first-order valence-corrected chi connectivity index (χ1v) is 9.75. The van der Waals surface area contributed by atoms with Crippen LogP contribution >= 0.6 is 0 Å². The van der Waals surface area contributed by atoms with E-state index in [4.69, 9.17) is 14.2 Å². The number of ether oxygens (including phenoxy) is 3. The zero-order chi connectivity index (χ0) is 18.8. The Morgan fingerprint density at radius 3 is 2.04 bits per heavy atom. The first-order chi connectivity index (χ1) is 11.7. The number of benzene rings is 1. The Labute approximate surface area is 148 Å². The van der Waals surface area contributed by atoms with Crippen LogP contribution in [-0.2, 0) is 9.84 Å². The molecule has 0 bridgehead atoms. The number of likely N-dealkylation sites (tertiary alicyclic amines) is 1. The van der Waals surface area contributed by atoms with Gasteiger partial charge < -0.3 is 19.1 Å². The van der Waals surface area contributed by atoms with Crippen molar-refractivity contribution in [1.82, 2.24) is 4.90 Å². The molecule has 7 nitrogen and oxygen atoms in total. The quantitative estimate of drug-likeness (QED) is 0.724. The third kappa shape index (κ3) is 4.00. The SMILES string of the molecule is COc1cc(C(=O)N2CC(S(=O)(=O)CC(C)C)C2)cc(OC)c1OC. The molecule has 1 aliphatic heterocycles. The number of carbonyl (C=O) groups excluding carboxylic acids is 1. The second kappa shape index (κ2) is 7.51. The van der Waals surface area contributed by atoms with Gasteiger partial charge in [-0.2, -0.15) is 0 Å². The van der Waals surface area contributed by atoms with Gasteiger partial charge >= 0.3 is 0 Å². The molecule has 1 aromatic carbocycles. The van der Waals surface area contributed by atoms with Gasteiger partial charge in [-0.15, -0.1) is 0 Å². The predicted octanol–water partition coefficient (Wildman–Crippen LogP) is 1.61. The van der Waals surface area contributed by atoms with E-state index in [1.807, 2.05) is 13.8 Å². The molecule has 0 unspecified atom stereocenters. The highest BCUT2D eigenvalue weighted by molar-refractivity contribution is 7.92. The molecule has 0 atom stereocenters. The Balaban J connectivity index is 2.15. The number of nitrogens with zero attached hydrogens (tertiary/aromatic N) is 1. The summed E-state index contributed by atoms with van der Waals surface area (Å²) in [6, 6.07) is 3.14. The van der Waals surface area contributed by atoms with E-state index in [1.165, 1.54) is 26.2 Å². The zero-order valence-corrected chi connectivity index (χ0v) is 16.1. The van der Waals surface area contributed by atoms with E-state index in [-0.39, 0.29) is 30.7 Å². The van der Waals surface area contributed by atoms with Gasteiger partial charge in [0.15, 0.2) is 21.3 Å². The molecule has 0 aromatic heterocycles. The van der Waals surface area contributed by atoms with Gasteiger partial charge in [0.05, 0.1) is 32.3 Å². The third-order valence-corrected chi connectivity index (χ3v) is 6.57.